The minimum Gasteiger partial charge on any atom is -0.465 e. The van der Waals surface area contributed by atoms with Gasteiger partial charge in [-0.3, -0.25) is 9.59 Å². The second kappa shape index (κ2) is 9.84. The number of carbonyl (C=O) groups is 3. The van der Waals surface area contributed by atoms with Gasteiger partial charge in [-0.25, -0.2) is 4.79 Å². The van der Waals surface area contributed by atoms with E-state index < -0.39 is 30.0 Å². The Morgan fingerprint density at radius 2 is 1.52 bits per heavy atom. The van der Waals surface area contributed by atoms with E-state index in [9.17, 15) is 24.6 Å². The van der Waals surface area contributed by atoms with Crippen LogP contribution in [0.2, 0.25) is 0 Å². The highest BCUT2D eigenvalue weighted by Gasteiger charge is 2.30. The van der Waals surface area contributed by atoms with E-state index >= 15 is 0 Å². The number of esters is 1. The third kappa shape index (κ3) is 5.44. The molecule has 3 aromatic rings. The molecule has 0 heterocycles. The van der Waals surface area contributed by atoms with Crippen LogP contribution in [0.3, 0.4) is 0 Å². The lowest BCUT2D eigenvalue weighted by Crippen LogP contribution is -2.47. The summed E-state index contributed by atoms with van der Waals surface area (Å²) >= 11 is 0. The molecular weight excluding hydrogens is 400 g/mol. The Labute approximate surface area is 178 Å². The Morgan fingerprint density at radius 3 is 2.19 bits per heavy atom. The van der Waals surface area contributed by atoms with Crippen LogP contribution < -0.4 is 10.6 Å². The molecule has 0 spiro atoms. The van der Waals surface area contributed by atoms with Crippen LogP contribution in [0.15, 0.2) is 66.7 Å². The van der Waals surface area contributed by atoms with Crippen molar-refractivity contribution in [1.82, 2.24) is 5.32 Å². The second-order valence-electron chi connectivity index (χ2n) is 6.85. The number of anilines is 1. The second-order valence-corrected chi connectivity index (χ2v) is 6.85. The molecule has 160 valence electrons. The van der Waals surface area contributed by atoms with Crippen molar-refractivity contribution in [3.63, 3.8) is 0 Å². The monoisotopic (exact) mass is 422 g/mol. The van der Waals surface area contributed by atoms with E-state index in [0.717, 1.165) is 10.8 Å². The van der Waals surface area contributed by atoms with Crippen molar-refractivity contribution in [2.24, 2.45) is 0 Å². The predicted molar refractivity (Wildman–Crippen MR) is 114 cm³/mol. The van der Waals surface area contributed by atoms with Gasteiger partial charge in [0.15, 0.2) is 12.2 Å². The first-order chi connectivity index (χ1) is 14.9. The number of carbonyl (C=O) groups excluding carboxylic acids is 3. The molecule has 0 fully saturated rings. The molecule has 0 aromatic heterocycles. The SMILES string of the molecule is COC(=O)c1ccc(CNC(=O)[C@H](O)[C@@H](O)C(=O)Nc2ccc3ccccc3c2)cc1. The first-order valence-electron chi connectivity index (χ1n) is 9.50. The zero-order valence-corrected chi connectivity index (χ0v) is 16.7. The third-order valence-corrected chi connectivity index (χ3v) is 4.70. The van der Waals surface area contributed by atoms with Gasteiger partial charge in [0.1, 0.15) is 0 Å². The van der Waals surface area contributed by atoms with Crippen molar-refractivity contribution in [1.29, 1.82) is 0 Å². The Kier molecular flexibility index (Phi) is 6.96. The van der Waals surface area contributed by atoms with Gasteiger partial charge in [-0.05, 0) is 40.6 Å². The summed E-state index contributed by atoms with van der Waals surface area (Å²) in [6.07, 6.45) is -3.90. The number of benzene rings is 3. The minimum atomic E-state index is -1.95. The van der Waals surface area contributed by atoms with Crippen LogP contribution in [0.1, 0.15) is 15.9 Å². The highest BCUT2D eigenvalue weighted by Crippen LogP contribution is 2.19. The van der Waals surface area contributed by atoms with Gasteiger partial charge < -0.3 is 25.6 Å². The molecule has 0 saturated carbocycles. The van der Waals surface area contributed by atoms with E-state index in [0.29, 0.717) is 16.8 Å². The average Bonchev–Trinajstić information content (AvgIpc) is 2.81. The van der Waals surface area contributed by atoms with Crippen LogP contribution >= 0.6 is 0 Å². The maximum atomic E-state index is 12.3. The maximum Gasteiger partial charge on any atom is 0.337 e. The lowest BCUT2D eigenvalue weighted by Gasteiger charge is -2.17. The summed E-state index contributed by atoms with van der Waals surface area (Å²) in [5, 5.41) is 26.9. The number of amides is 2. The zero-order valence-electron chi connectivity index (χ0n) is 16.7. The van der Waals surface area contributed by atoms with E-state index in [1.807, 2.05) is 30.3 Å². The fourth-order valence-electron chi connectivity index (χ4n) is 2.94. The number of aliphatic hydroxyl groups excluding tert-OH is 2. The van der Waals surface area contributed by atoms with Crippen LogP contribution in [-0.4, -0.2) is 47.3 Å². The summed E-state index contributed by atoms with van der Waals surface area (Å²) in [7, 11) is 1.28. The van der Waals surface area contributed by atoms with Crippen molar-refractivity contribution < 1.29 is 29.3 Å². The number of hydrogen-bond donors (Lipinski definition) is 4. The summed E-state index contributed by atoms with van der Waals surface area (Å²) in [6.45, 7) is 0.0381. The molecule has 4 N–H and O–H groups in total. The summed E-state index contributed by atoms with van der Waals surface area (Å²) < 4.78 is 4.61. The summed E-state index contributed by atoms with van der Waals surface area (Å²) in [4.78, 5) is 35.8. The summed E-state index contributed by atoms with van der Waals surface area (Å²) in [5.74, 6) is -2.29. The molecule has 3 aromatic carbocycles. The Bertz CT molecular complexity index is 1100. The fourth-order valence-corrected chi connectivity index (χ4v) is 2.94. The van der Waals surface area contributed by atoms with Crippen molar-refractivity contribution in [2.45, 2.75) is 18.8 Å². The van der Waals surface area contributed by atoms with Gasteiger partial charge in [0.05, 0.1) is 12.7 Å². The van der Waals surface area contributed by atoms with Crippen LogP contribution in [0.4, 0.5) is 5.69 Å². The molecule has 0 saturated heterocycles. The number of nitrogens with one attached hydrogen (secondary N) is 2. The maximum absolute atomic E-state index is 12.3. The van der Waals surface area contributed by atoms with Gasteiger partial charge >= 0.3 is 5.97 Å². The first-order valence-corrected chi connectivity index (χ1v) is 9.50. The minimum absolute atomic E-state index is 0.0381. The average molecular weight is 422 g/mol. The number of methoxy groups -OCH3 is 1. The Morgan fingerprint density at radius 1 is 0.871 bits per heavy atom. The lowest BCUT2D eigenvalue weighted by molar-refractivity contribution is -0.143. The number of ether oxygens (including phenoxy) is 1. The number of fused-ring (bicyclic) bond motifs is 1. The molecule has 8 heteroatoms. The van der Waals surface area contributed by atoms with Crippen LogP contribution in [0.5, 0.6) is 0 Å². The quantitative estimate of drug-likeness (QED) is 0.429. The molecule has 2 atom stereocenters. The third-order valence-electron chi connectivity index (χ3n) is 4.70. The van der Waals surface area contributed by atoms with Crippen LogP contribution in [-0.2, 0) is 20.9 Å². The molecule has 3 rings (SSSR count). The van der Waals surface area contributed by atoms with Gasteiger partial charge in [-0.15, -0.1) is 0 Å². The van der Waals surface area contributed by atoms with Gasteiger partial charge in [0.2, 0.25) is 0 Å². The van der Waals surface area contributed by atoms with Crippen LogP contribution in [0.25, 0.3) is 10.8 Å². The van der Waals surface area contributed by atoms with E-state index in [4.69, 9.17) is 0 Å². The largest absolute Gasteiger partial charge is 0.465 e. The molecule has 0 aliphatic carbocycles. The smallest absolute Gasteiger partial charge is 0.337 e. The highest BCUT2D eigenvalue weighted by molar-refractivity contribution is 6.00. The molecule has 0 unspecified atom stereocenters. The highest BCUT2D eigenvalue weighted by atomic mass is 16.5. The molecular formula is C23H22N2O6. The molecule has 0 aliphatic rings. The molecule has 0 aliphatic heterocycles. The van der Waals surface area contributed by atoms with Crippen molar-refractivity contribution >= 4 is 34.2 Å². The summed E-state index contributed by atoms with van der Waals surface area (Å²) in [6, 6.07) is 19.1. The molecule has 8 nitrogen and oxygen atoms in total. The fraction of sp³-hybridized carbons (Fsp3) is 0.174. The van der Waals surface area contributed by atoms with Crippen molar-refractivity contribution in [2.75, 3.05) is 12.4 Å². The van der Waals surface area contributed by atoms with Gasteiger partial charge in [0.25, 0.3) is 11.8 Å². The molecule has 2 amide bonds. The molecule has 0 radical (unpaired) electrons. The number of rotatable bonds is 7. The first kappa shape index (κ1) is 21.9. The van der Waals surface area contributed by atoms with Gasteiger partial charge in [-0.2, -0.15) is 0 Å². The standard InChI is InChI=1S/C23H22N2O6/c1-31-23(30)16-8-6-14(7-9-16)13-24-21(28)19(26)20(27)22(29)25-18-11-10-15-4-2-3-5-17(15)12-18/h2-12,19-20,26-27H,13H2,1H3,(H,24,28)(H,25,29)/t19-,20-/m1/s1. The topological polar surface area (TPSA) is 125 Å². The van der Waals surface area contributed by atoms with E-state index in [1.54, 1.807) is 24.3 Å². The van der Waals surface area contributed by atoms with Gasteiger partial charge in [0, 0.05) is 12.2 Å². The Balaban J connectivity index is 1.55. The molecule has 0 bridgehead atoms. The van der Waals surface area contributed by atoms with Crippen molar-refractivity contribution in [3.8, 4) is 0 Å². The van der Waals surface area contributed by atoms with Crippen LogP contribution in [0, 0.1) is 0 Å². The summed E-state index contributed by atoms with van der Waals surface area (Å²) in [5.41, 5.74) is 1.45. The predicted octanol–water partition coefficient (Wildman–Crippen LogP) is 1.60. The van der Waals surface area contributed by atoms with Crippen molar-refractivity contribution in [3.05, 3.63) is 77.9 Å². The lowest BCUT2D eigenvalue weighted by atomic mass is 10.1. The Hall–Kier alpha value is -3.75. The normalized spacial score (nSPS) is 12.6. The molecule has 31 heavy (non-hydrogen) atoms. The van der Waals surface area contributed by atoms with E-state index in [1.165, 1.54) is 19.2 Å². The van der Waals surface area contributed by atoms with E-state index in [2.05, 4.69) is 15.4 Å². The van der Waals surface area contributed by atoms with E-state index in [-0.39, 0.29) is 6.54 Å². The number of hydrogen-bond acceptors (Lipinski definition) is 6. The zero-order chi connectivity index (χ0) is 22.4. The number of aliphatic hydroxyl groups is 2. The van der Waals surface area contributed by atoms with Gasteiger partial charge in [-0.1, -0.05) is 42.5 Å².